The standard InChI is InChI=1S/C21H29N7O/c1-15(16-5-6-20(29-3)25-11-16)10-23-7-4-8-24-19-9-17(12-26-21(19)22)18-13-27-28(2)14-18/h5-6,9,11-15,23-24H,4,7-8,10H2,1-3H3,(H2,22,26). The van der Waals surface area contributed by atoms with Gasteiger partial charge in [-0.05, 0) is 30.5 Å². The molecule has 0 spiro atoms. The van der Waals surface area contributed by atoms with E-state index in [9.17, 15) is 0 Å². The zero-order chi connectivity index (χ0) is 20.6. The average molecular weight is 396 g/mol. The second-order valence-corrected chi connectivity index (χ2v) is 7.08. The number of nitrogens with two attached hydrogens (primary N) is 1. The summed E-state index contributed by atoms with van der Waals surface area (Å²) in [5, 5.41) is 11.1. The van der Waals surface area contributed by atoms with Gasteiger partial charge in [0.25, 0.3) is 0 Å². The largest absolute Gasteiger partial charge is 0.481 e. The van der Waals surface area contributed by atoms with Gasteiger partial charge in [0.1, 0.15) is 5.82 Å². The van der Waals surface area contributed by atoms with E-state index in [4.69, 9.17) is 10.5 Å². The Morgan fingerprint density at radius 2 is 2.00 bits per heavy atom. The molecule has 3 heterocycles. The van der Waals surface area contributed by atoms with Crippen molar-refractivity contribution in [2.24, 2.45) is 7.05 Å². The number of aromatic nitrogens is 4. The van der Waals surface area contributed by atoms with E-state index in [0.717, 1.165) is 42.9 Å². The molecule has 8 nitrogen and oxygen atoms in total. The molecule has 1 atom stereocenters. The van der Waals surface area contributed by atoms with Crippen LogP contribution in [0.4, 0.5) is 11.5 Å². The number of hydrogen-bond donors (Lipinski definition) is 3. The highest BCUT2D eigenvalue weighted by atomic mass is 16.5. The van der Waals surface area contributed by atoms with E-state index in [1.54, 1.807) is 18.0 Å². The molecular formula is C21H29N7O. The van der Waals surface area contributed by atoms with Gasteiger partial charge in [0.05, 0.1) is 19.0 Å². The Morgan fingerprint density at radius 3 is 2.69 bits per heavy atom. The van der Waals surface area contributed by atoms with Gasteiger partial charge in [-0.25, -0.2) is 9.97 Å². The lowest BCUT2D eigenvalue weighted by molar-refractivity contribution is 0.397. The zero-order valence-electron chi connectivity index (χ0n) is 17.2. The van der Waals surface area contributed by atoms with Crippen LogP contribution in [0.5, 0.6) is 5.88 Å². The smallest absolute Gasteiger partial charge is 0.212 e. The van der Waals surface area contributed by atoms with E-state index < -0.39 is 0 Å². The highest BCUT2D eigenvalue weighted by Gasteiger charge is 2.07. The summed E-state index contributed by atoms with van der Waals surface area (Å²) in [4.78, 5) is 8.56. The van der Waals surface area contributed by atoms with Gasteiger partial charge in [-0.1, -0.05) is 13.0 Å². The third kappa shape index (κ3) is 5.68. The first kappa shape index (κ1) is 20.6. The molecule has 29 heavy (non-hydrogen) atoms. The molecule has 3 rings (SSSR count). The SMILES string of the molecule is COc1ccc(C(C)CNCCCNc2cc(-c3cnn(C)c3)cnc2N)cn1. The van der Waals surface area contributed by atoms with E-state index in [0.29, 0.717) is 17.6 Å². The van der Waals surface area contributed by atoms with Crippen molar-refractivity contribution in [2.75, 3.05) is 37.8 Å². The lowest BCUT2D eigenvalue weighted by atomic mass is 10.0. The fraction of sp³-hybridized carbons (Fsp3) is 0.381. The van der Waals surface area contributed by atoms with Crippen molar-refractivity contribution in [3.8, 4) is 17.0 Å². The lowest BCUT2D eigenvalue weighted by Crippen LogP contribution is -2.23. The highest BCUT2D eigenvalue weighted by molar-refractivity contribution is 5.72. The number of rotatable bonds is 10. The van der Waals surface area contributed by atoms with Crippen molar-refractivity contribution < 1.29 is 4.74 Å². The molecule has 154 valence electrons. The first-order valence-corrected chi connectivity index (χ1v) is 9.76. The molecule has 0 aromatic carbocycles. The van der Waals surface area contributed by atoms with Crippen molar-refractivity contribution >= 4 is 11.5 Å². The third-order valence-electron chi connectivity index (χ3n) is 4.79. The second-order valence-electron chi connectivity index (χ2n) is 7.08. The fourth-order valence-corrected chi connectivity index (χ4v) is 3.02. The number of hydrogen-bond acceptors (Lipinski definition) is 7. The lowest BCUT2D eigenvalue weighted by Gasteiger charge is -2.14. The number of nitrogens with zero attached hydrogens (tertiary/aromatic N) is 4. The van der Waals surface area contributed by atoms with Crippen molar-refractivity contribution in [1.82, 2.24) is 25.1 Å². The van der Waals surface area contributed by atoms with Gasteiger partial charge in [0.15, 0.2) is 0 Å². The molecule has 0 radical (unpaired) electrons. The summed E-state index contributed by atoms with van der Waals surface area (Å²) >= 11 is 0. The maximum Gasteiger partial charge on any atom is 0.212 e. The van der Waals surface area contributed by atoms with Crippen LogP contribution in [-0.4, -0.2) is 46.5 Å². The molecule has 0 saturated heterocycles. The minimum atomic E-state index is 0.386. The molecule has 0 fully saturated rings. The Labute approximate surface area is 171 Å². The van der Waals surface area contributed by atoms with Gasteiger partial charge in [0.2, 0.25) is 5.88 Å². The Balaban J connectivity index is 1.41. The summed E-state index contributed by atoms with van der Waals surface area (Å²) in [7, 11) is 3.52. The van der Waals surface area contributed by atoms with E-state index in [1.165, 1.54) is 5.56 Å². The van der Waals surface area contributed by atoms with Crippen LogP contribution < -0.4 is 21.1 Å². The second kappa shape index (κ2) is 9.88. The van der Waals surface area contributed by atoms with E-state index in [1.807, 2.05) is 37.8 Å². The Hall–Kier alpha value is -3.13. The van der Waals surface area contributed by atoms with Gasteiger partial charge in [-0.15, -0.1) is 0 Å². The predicted molar refractivity (Wildman–Crippen MR) is 116 cm³/mol. The number of pyridine rings is 2. The number of ether oxygens (including phenoxy) is 1. The summed E-state index contributed by atoms with van der Waals surface area (Å²) in [6.45, 7) is 4.81. The Morgan fingerprint density at radius 1 is 1.14 bits per heavy atom. The van der Waals surface area contributed by atoms with Crippen molar-refractivity contribution in [2.45, 2.75) is 19.3 Å². The number of anilines is 2. The van der Waals surface area contributed by atoms with Gasteiger partial charge in [-0.2, -0.15) is 5.10 Å². The van der Waals surface area contributed by atoms with Crippen LogP contribution in [0.1, 0.15) is 24.8 Å². The van der Waals surface area contributed by atoms with Crippen LogP contribution in [-0.2, 0) is 7.05 Å². The predicted octanol–water partition coefficient (Wildman–Crippen LogP) is 2.66. The van der Waals surface area contributed by atoms with Gasteiger partial charge >= 0.3 is 0 Å². The number of aryl methyl sites for hydroxylation is 1. The van der Waals surface area contributed by atoms with E-state index in [2.05, 4.69) is 38.7 Å². The number of methoxy groups -OCH3 is 1. The van der Waals surface area contributed by atoms with E-state index in [-0.39, 0.29) is 0 Å². The van der Waals surface area contributed by atoms with Crippen molar-refractivity contribution in [3.63, 3.8) is 0 Å². The third-order valence-corrected chi connectivity index (χ3v) is 4.79. The number of nitrogen functional groups attached to an aromatic ring is 1. The molecular weight excluding hydrogens is 366 g/mol. The first-order chi connectivity index (χ1) is 14.1. The van der Waals surface area contributed by atoms with E-state index >= 15 is 0 Å². The summed E-state index contributed by atoms with van der Waals surface area (Å²) in [6.07, 6.45) is 8.40. The molecule has 0 aliphatic rings. The molecule has 0 amide bonds. The molecule has 4 N–H and O–H groups in total. The molecule has 0 aliphatic heterocycles. The van der Waals surface area contributed by atoms with Crippen LogP contribution in [0.2, 0.25) is 0 Å². The molecule has 3 aromatic rings. The normalized spacial score (nSPS) is 12.0. The zero-order valence-corrected chi connectivity index (χ0v) is 17.2. The van der Waals surface area contributed by atoms with Crippen molar-refractivity contribution in [1.29, 1.82) is 0 Å². The van der Waals surface area contributed by atoms with Crippen LogP contribution in [0.15, 0.2) is 43.0 Å². The quantitative estimate of drug-likeness (QED) is 0.454. The maximum absolute atomic E-state index is 6.01. The molecule has 8 heteroatoms. The Bertz CT molecular complexity index is 908. The Kier molecular flexibility index (Phi) is 7.02. The molecule has 0 aliphatic carbocycles. The van der Waals surface area contributed by atoms with Gasteiger partial charge < -0.3 is 21.1 Å². The summed E-state index contributed by atoms with van der Waals surface area (Å²) in [5.74, 6) is 1.53. The van der Waals surface area contributed by atoms with Gasteiger partial charge in [0, 0.05) is 55.9 Å². The van der Waals surface area contributed by atoms with Crippen LogP contribution in [0.25, 0.3) is 11.1 Å². The van der Waals surface area contributed by atoms with Crippen LogP contribution in [0.3, 0.4) is 0 Å². The minimum Gasteiger partial charge on any atom is -0.481 e. The van der Waals surface area contributed by atoms with Crippen LogP contribution in [0, 0.1) is 0 Å². The van der Waals surface area contributed by atoms with Gasteiger partial charge in [-0.3, -0.25) is 4.68 Å². The summed E-state index contributed by atoms with van der Waals surface area (Å²) in [5.41, 5.74) is 10.1. The summed E-state index contributed by atoms with van der Waals surface area (Å²) < 4.78 is 6.87. The molecule has 1 unspecified atom stereocenters. The highest BCUT2D eigenvalue weighted by Crippen LogP contribution is 2.24. The maximum atomic E-state index is 6.01. The monoisotopic (exact) mass is 395 g/mol. The van der Waals surface area contributed by atoms with Crippen molar-refractivity contribution in [3.05, 3.63) is 48.5 Å². The average Bonchev–Trinajstić information content (AvgIpc) is 3.18. The summed E-state index contributed by atoms with van der Waals surface area (Å²) in [6, 6.07) is 5.98. The minimum absolute atomic E-state index is 0.386. The molecule has 0 bridgehead atoms. The molecule has 0 saturated carbocycles. The topological polar surface area (TPSA) is 103 Å². The fourth-order valence-electron chi connectivity index (χ4n) is 3.02. The first-order valence-electron chi connectivity index (χ1n) is 9.76. The number of nitrogens with one attached hydrogen (secondary N) is 2. The molecule has 3 aromatic heterocycles. The van der Waals surface area contributed by atoms with Crippen LogP contribution >= 0.6 is 0 Å².